The Morgan fingerprint density at radius 3 is 2.57 bits per heavy atom. The summed E-state index contributed by atoms with van der Waals surface area (Å²) in [6, 6.07) is 0. The van der Waals surface area contributed by atoms with E-state index in [2.05, 4.69) is 26.1 Å². The number of carbonyl (C=O) groups is 1. The van der Waals surface area contributed by atoms with E-state index in [1.165, 1.54) is 6.20 Å². The maximum Gasteiger partial charge on any atom is 0.265 e. The molecule has 0 saturated heterocycles. The zero-order valence-corrected chi connectivity index (χ0v) is 13.5. The third-order valence-electron chi connectivity index (χ3n) is 3.54. The smallest absolute Gasteiger partial charge is 0.265 e. The maximum atomic E-state index is 12.8. The first-order valence-electron chi connectivity index (χ1n) is 7.26. The molecule has 1 N–H and O–H groups in total. The molecule has 0 spiro atoms. The third kappa shape index (κ3) is 5.96. The standard InChI is InChI=1S/C16H26F2N2O/c1-11-8-14(20(5)10-13(11)15(17)18)19-9-12(21)6-7-16(2,3)4/h8,10,14-15,19H,6-7,9H2,1-5H3. The Bertz CT molecular complexity index is 436. The second kappa shape index (κ2) is 7.16. The van der Waals surface area contributed by atoms with Crippen molar-refractivity contribution in [3.8, 4) is 0 Å². The second-order valence-corrected chi connectivity index (χ2v) is 6.83. The molecule has 1 heterocycles. The molecule has 1 atom stereocenters. The molecule has 1 aliphatic rings. The summed E-state index contributed by atoms with van der Waals surface area (Å²) < 4.78 is 25.6. The van der Waals surface area contributed by atoms with Crippen LogP contribution in [0.5, 0.6) is 0 Å². The summed E-state index contributed by atoms with van der Waals surface area (Å²) >= 11 is 0. The lowest BCUT2D eigenvalue weighted by Gasteiger charge is -2.31. The van der Waals surface area contributed by atoms with Gasteiger partial charge in [-0.15, -0.1) is 0 Å². The molecule has 0 aliphatic carbocycles. The quantitative estimate of drug-likeness (QED) is 0.816. The van der Waals surface area contributed by atoms with Gasteiger partial charge in [0.15, 0.2) is 0 Å². The summed E-state index contributed by atoms with van der Waals surface area (Å²) in [5, 5.41) is 3.11. The largest absolute Gasteiger partial charge is 0.361 e. The maximum absolute atomic E-state index is 12.8. The van der Waals surface area contributed by atoms with Crippen LogP contribution in [0.2, 0.25) is 0 Å². The molecular formula is C16H26F2N2O. The Morgan fingerprint density at radius 2 is 2.05 bits per heavy atom. The van der Waals surface area contributed by atoms with Crippen molar-refractivity contribution in [2.75, 3.05) is 13.6 Å². The van der Waals surface area contributed by atoms with Crippen LogP contribution in [0.1, 0.15) is 40.5 Å². The topological polar surface area (TPSA) is 32.3 Å². The van der Waals surface area contributed by atoms with Crippen molar-refractivity contribution >= 4 is 5.78 Å². The number of ketones is 1. The molecule has 0 aromatic rings. The van der Waals surface area contributed by atoms with Gasteiger partial charge in [0.2, 0.25) is 0 Å². The van der Waals surface area contributed by atoms with E-state index in [4.69, 9.17) is 0 Å². The number of nitrogens with zero attached hydrogens (tertiary/aromatic N) is 1. The highest BCUT2D eigenvalue weighted by molar-refractivity contribution is 5.80. The van der Waals surface area contributed by atoms with Crippen LogP contribution in [0.4, 0.5) is 8.78 Å². The van der Waals surface area contributed by atoms with Crippen molar-refractivity contribution in [3.63, 3.8) is 0 Å². The van der Waals surface area contributed by atoms with Gasteiger partial charge in [0, 0.05) is 25.2 Å². The van der Waals surface area contributed by atoms with Crippen LogP contribution in [0.25, 0.3) is 0 Å². The Balaban J connectivity index is 2.49. The minimum atomic E-state index is -2.47. The van der Waals surface area contributed by atoms with Crippen molar-refractivity contribution in [3.05, 3.63) is 23.4 Å². The fraction of sp³-hybridized carbons (Fsp3) is 0.688. The number of alkyl halides is 2. The van der Waals surface area contributed by atoms with Gasteiger partial charge >= 0.3 is 0 Å². The molecule has 120 valence electrons. The summed E-state index contributed by atoms with van der Waals surface area (Å²) in [4.78, 5) is 13.5. The van der Waals surface area contributed by atoms with Gasteiger partial charge < -0.3 is 4.90 Å². The molecule has 1 rings (SSSR count). The van der Waals surface area contributed by atoms with Crippen LogP contribution >= 0.6 is 0 Å². The van der Waals surface area contributed by atoms with Crippen LogP contribution in [-0.4, -0.2) is 36.9 Å². The molecule has 1 aliphatic heterocycles. The first-order chi connectivity index (χ1) is 9.60. The van der Waals surface area contributed by atoms with Gasteiger partial charge in [-0.1, -0.05) is 20.8 Å². The summed E-state index contributed by atoms with van der Waals surface area (Å²) in [5.74, 6) is 0.146. The number of carbonyl (C=O) groups excluding carboxylic acids is 1. The van der Waals surface area contributed by atoms with E-state index in [0.29, 0.717) is 12.0 Å². The lowest BCUT2D eigenvalue weighted by atomic mass is 9.89. The van der Waals surface area contributed by atoms with Gasteiger partial charge in [-0.2, -0.15) is 0 Å². The van der Waals surface area contributed by atoms with Crippen molar-refractivity contribution < 1.29 is 13.6 Å². The molecule has 0 saturated carbocycles. The van der Waals surface area contributed by atoms with Crippen molar-refractivity contribution in [1.29, 1.82) is 0 Å². The minimum Gasteiger partial charge on any atom is -0.361 e. The van der Waals surface area contributed by atoms with E-state index >= 15 is 0 Å². The fourth-order valence-corrected chi connectivity index (χ4v) is 2.10. The summed E-state index contributed by atoms with van der Waals surface area (Å²) in [6.45, 7) is 8.23. The fourth-order valence-electron chi connectivity index (χ4n) is 2.10. The van der Waals surface area contributed by atoms with Crippen molar-refractivity contribution in [2.45, 2.75) is 53.1 Å². The highest BCUT2D eigenvalue weighted by atomic mass is 19.3. The lowest BCUT2D eigenvalue weighted by molar-refractivity contribution is -0.119. The molecule has 0 aromatic carbocycles. The highest BCUT2D eigenvalue weighted by Gasteiger charge is 2.22. The van der Waals surface area contributed by atoms with E-state index in [-0.39, 0.29) is 29.5 Å². The third-order valence-corrected chi connectivity index (χ3v) is 3.54. The normalized spacial score (nSPS) is 19.6. The number of hydrogen-bond donors (Lipinski definition) is 1. The number of allylic oxidation sites excluding steroid dienone is 2. The van der Waals surface area contributed by atoms with Gasteiger partial charge in [0.1, 0.15) is 5.78 Å². The monoisotopic (exact) mass is 300 g/mol. The van der Waals surface area contributed by atoms with Gasteiger partial charge in [-0.3, -0.25) is 10.1 Å². The van der Waals surface area contributed by atoms with Gasteiger partial charge in [-0.25, -0.2) is 8.78 Å². The Kier molecular flexibility index (Phi) is 6.08. The van der Waals surface area contributed by atoms with Gasteiger partial charge in [0.25, 0.3) is 6.43 Å². The van der Waals surface area contributed by atoms with Crippen LogP contribution in [0.3, 0.4) is 0 Å². The minimum absolute atomic E-state index is 0.0367. The van der Waals surface area contributed by atoms with Crippen LogP contribution in [0.15, 0.2) is 23.4 Å². The number of rotatable bonds is 6. The molecule has 0 fully saturated rings. The van der Waals surface area contributed by atoms with Crippen LogP contribution in [0, 0.1) is 5.41 Å². The SMILES string of the molecule is CC1=CC(NCC(=O)CCC(C)(C)C)N(C)C=C1C(F)F. The predicted molar refractivity (Wildman–Crippen MR) is 81.1 cm³/mol. The van der Waals surface area contributed by atoms with Crippen molar-refractivity contribution in [1.82, 2.24) is 10.2 Å². The Hall–Kier alpha value is -1.23. The highest BCUT2D eigenvalue weighted by Crippen LogP contribution is 2.24. The molecular weight excluding hydrogens is 274 g/mol. The number of likely N-dealkylation sites (N-methyl/N-ethyl adjacent to an activating group) is 1. The molecule has 0 radical (unpaired) electrons. The molecule has 0 bridgehead atoms. The zero-order valence-electron chi connectivity index (χ0n) is 13.5. The van der Waals surface area contributed by atoms with Gasteiger partial charge in [0.05, 0.1) is 12.7 Å². The molecule has 3 nitrogen and oxygen atoms in total. The zero-order chi connectivity index (χ0) is 16.2. The van der Waals surface area contributed by atoms with Crippen molar-refractivity contribution in [2.24, 2.45) is 5.41 Å². The molecule has 0 aromatic heterocycles. The lowest BCUT2D eigenvalue weighted by Crippen LogP contribution is -2.44. The predicted octanol–water partition coefficient (Wildman–Crippen LogP) is 3.34. The van der Waals surface area contributed by atoms with Crippen LogP contribution < -0.4 is 5.32 Å². The number of hydrogen-bond acceptors (Lipinski definition) is 3. The molecule has 1 unspecified atom stereocenters. The van der Waals surface area contributed by atoms with Crippen LogP contribution in [-0.2, 0) is 4.79 Å². The van der Waals surface area contributed by atoms with E-state index in [9.17, 15) is 13.6 Å². The van der Waals surface area contributed by atoms with E-state index in [1.807, 2.05) is 0 Å². The first kappa shape index (κ1) is 17.8. The second-order valence-electron chi connectivity index (χ2n) is 6.83. The van der Waals surface area contributed by atoms with E-state index < -0.39 is 6.43 Å². The molecule has 21 heavy (non-hydrogen) atoms. The molecule has 5 heteroatoms. The number of halogens is 2. The van der Waals surface area contributed by atoms with E-state index in [0.717, 1.165) is 6.42 Å². The summed E-state index contributed by atoms with van der Waals surface area (Å²) in [7, 11) is 1.72. The Labute approximate surface area is 126 Å². The Morgan fingerprint density at radius 1 is 1.43 bits per heavy atom. The van der Waals surface area contributed by atoms with E-state index in [1.54, 1.807) is 24.9 Å². The molecule has 0 amide bonds. The summed E-state index contributed by atoms with van der Waals surface area (Å²) in [6.07, 6.45) is 1.87. The first-order valence-corrected chi connectivity index (χ1v) is 7.26. The summed E-state index contributed by atoms with van der Waals surface area (Å²) in [5.41, 5.74) is 0.736. The number of Topliss-reactive ketones (excluding diaryl/α,β-unsaturated/α-hetero) is 1. The average molecular weight is 300 g/mol. The van der Waals surface area contributed by atoms with Gasteiger partial charge in [-0.05, 0) is 30.4 Å². The number of nitrogens with one attached hydrogen (secondary N) is 1. The average Bonchev–Trinajstić information content (AvgIpc) is 2.35.